The van der Waals surface area contributed by atoms with Crippen molar-refractivity contribution in [1.82, 2.24) is 0 Å². The van der Waals surface area contributed by atoms with E-state index in [2.05, 4.69) is 0 Å². The number of halogens is 3. The Labute approximate surface area is 99.5 Å². The molecule has 1 rings (SSSR count). The third-order valence-corrected chi connectivity index (χ3v) is 3.56. The van der Waals surface area contributed by atoms with Gasteiger partial charge in [0.1, 0.15) is 6.10 Å². The van der Waals surface area contributed by atoms with Crippen LogP contribution in [0.15, 0.2) is 0 Å². The SMILES string of the molecule is CCC(C)(C)C(=O)OC1CCC(C(F)(F)F)C1. The van der Waals surface area contributed by atoms with E-state index < -0.39 is 29.6 Å². The quantitative estimate of drug-likeness (QED) is 0.716. The Hall–Kier alpha value is -0.740. The lowest BCUT2D eigenvalue weighted by atomic mass is 9.90. The second kappa shape index (κ2) is 4.86. The molecule has 0 aromatic carbocycles. The predicted molar refractivity (Wildman–Crippen MR) is 57.3 cm³/mol. The summed E-state index contributed by atoms with van der Waals surface area (Å²) in [6.07, 6.45) is -3.83. The molecule has 100 valence electrons. The number of alkyl halides is 3. The second-order valence-corrected chi connectivity index (χ2v) is 5.32. The van der Waals surface area contributed by atoms with Gasteiger partial charge in [-0.25, -0.2) is 0 Å². The van der Waals surface area contributed by atoms with E-state index in [0.717, 1.165) is 0 Å². The van der Waals surface area contributed by atoms with Crippen LogP contribution in [0.5, 0.6) is 0 Å². The molecule has 2 unspecified atom stereocenters. The number of hydrogen-bond acceptors (Lipinski definition) is 2. The molecule has 0 bridgehead atoms. The van der Waals surface area contributed by atoms with Crippen LogP contribution in [-0.4, -0.2) is 18.2 Å². The van der Waals surface area contributed by atoms with Gasteiger partial charge >= 0.3 is 12.1 Å². The molecule has 1 saturated carbocycles. The molecule has 0 spiro atoms. The summed E-state index contributed by atoms with van der Waals surface area (Å²) in [5.41, 5.74) is -0.615. The summed E-state index contributed by atoms with van der Waals surface area (Å²) in [5, 5.41) is 0. The third kappa shape index (κ3) is 3.61. The zero-order valence-corrected chi connectivity index (χ0v) is 10.4. The zero-order valence-electron chi connectivity index (χ0n) is 10.4. The lowest BCUT2D eigenvalue weighted by molar-refractivity contribution is -0.178. The van der Waals surface area contributed by atoms with Crippen molar-refractivity contribution < 1.29 is 22.7 Å². The van der Waals surface area contributed by atoms with Gasteiger partial charge in [0.15, 0.2) is 0 Å². The molecule has 1 fully saturated rings. The van der Waals surface area contributed by atoms with Crippen LogP contribution in [0.25, 0.3) is 0 Å². The molecule has 0 N–H and O–H groups in total. The molecule has 0 aromatic rings. The Morgan fingerprint density at radius 3 is 2.29 bits per heavy atom. The number of rotatable bonds is 3. The van der Waals surface area contributed by atoms with Crippen LogP contribution in [0.3, 0.4) is 0 Å². The Balaban J connectivity index is 2.49. The van der Waals surface area contributed by atoms with Crippen LogP contribution in [0.1, 0.15) is 46.5 Å². The highest BCUT2D eigenvalue weighted by Crippen LogP contribution is 2.40. The fraction of sp³-hybridized carbons (Fsp3) is 0.917. The summed E-state index contributed by atoms with van der Waals surface area (Å²) in [6, 6.07) is 0. The van der Waals surface area contributed by atoms with Gasteiger partial charge in [0.05, 0.1) is 11.3 Å². The van der Waals surface area contributed by atoms with Crippen molar-refractivity contribution in [1.29, 1.82) is 0 Å². The molecule has 2 atom stereocenters. The summed E-state index contributed by atoms with van der Waals surface area (Å²) in [4.78, 5) is 11.7. The van der Waals surface area contributed by atoms with Crippen LogP contribution in [0.2, 0.25) is 0 Å². The van der Waals surface area contributed by atoms with Crippen LogP contribution in [0, 0.1) is 11.3 Å². The molecule has 5 heteroatoms. The zero-order chi connectivity index (χ0) is 13.3. The second-order valence-electron chi connectivity index (χ2n) is 5.32. The van der Waals surface area contributed by atoms with E-state index in [1.165, 1.54) is 0 Å². The highest BCUT2D eigenvalue weighted by molar-refractivity contribution is 5.76. The van der Waals surface area contributed by atoms with Crippen molar-refractivity contribution in [3.63, 3.8) is 0 Å². The Morgan fingerprint density at radius 1 is 1.29 bits per heavy atom. The van der Waals surface area contributed by atoms with Gasteiger partial charge < -0.3 is 4.74 Å². The number of ether oxygens (including phenoxy) is 1. The van der Waals surface area contributed by atoms with E-state index in [-0.39, 0.29) is 12.8 Å². The van der Waals surface area contributed by atoms with Gasteiger partial charge in [-0.3, -0.25) is 4.79 Å². The van der Waals surface area contributed by atoms with E-state index in [4.69, 9.17) is 4.74 Å². The van der Waals surface area contributed by atoms with Crippen molar-refractivity contribution >= 4 is 5.97 Å². The van der Waals surface area contributed by atoms with Gasteiger partial charge in [-0.2, -0.15) is 13.2 Å². The average Bonchev–Trinajstić information content (AvgIpc) is 2.65. The topological polar surface area (TPSA) is 26.3 Å². The summed E-state index contributed by atoms with van der Waals surface area (Å²) in [5.74, 6) is -1.71. The molecule has 0 aromatic heterocycles. The molecule has 1 aliphatic carbocycles. The average molecular weight is 252 g/mol. The van der Waals surface area contributed by atoms with Gasteiger partial charge in [0.2, 0.25) is 0 Å². The molecule has 17 heavy (non-hydrogen) atoms. The molecule has 0 radical (unpaired) electrons. The molecule has 0 aliphatic heterocycles. The maximum absolute atomic E-state index is 12.4. The van der Waals surface area contributed by atoms with E-state index in [1.54, 1.807) is 13.8 Å². The molecule has 0 heterocycles. The van der Waals surface area contributed by atoms with E-state index >= 15 is 0 Å². The van der Waals surface area contributed by atoms with Crippen LogP contribution in [-0.2, 0) is 9.53 Å². The first-order valence-electron chi connectivity index (χ1n) is 5.94. The summed E-state index contributed by atoms with van der Waals surface area (Å²) in [6.45, 7) is 5.34. The number of carbonyl (C=O) groups is 1. The maximum Gasteiger partial charge on any atom is 0.391 e. The standard InChI is InChI=1S/C12H19F3O2/c1-4-11(2,3)10(16)17-9-6-5-8(7-9)12(13,14)15/h8-9H,4-7H2,1-3H3. The van der Waals surface area contributed by atoms with Crippen LogP contribution < -0.4 is 0 Å². The lowest BCUT2D eigenvalue weighted by Crippen LogP contribution is -2.30. The molecular weight excluding hydrogens is 233 g/mol. The number of carbonyl (C=O) groups excluding carboxylic acids is 1. The van der Waals surface area contributed by atoms with Crippen molar-refractivity contribution in [3.8, 4) is 0 Å². The third-order valence-electron chi connectivity index (χ3n) is 3.56. The first-order chi connectivity index (χ1) is 7.66. The fourth-order valence-electron chi connectivity index (χ4n) is 1.80. The monoisotopic (exact) mass is 252 g/mol. The van der Waals surface area contributed by atoms with Gasteiger partial charge in [-0.1, -0.05) is 6.92 Å². The lowest BCUT2D eigenvalue weighted by Gasteiger charge is -2.23. The van der Waals surface area contributed by atoms with E-state index in [9.17, 15) is 18.0 Å². The molecule has 0 saturated heterocycles. The largest absolute Gasteiger partial charge is 0.462 e. The van der Waals surface area contributed by atoms with Gasteiger partial charge in [0.25, 0.3) is 0 Å². The van der Waals surface area contributed by atoms with Gasteiger partial charge in [0, 0.05) is 0 Å². The molecule has 1 aliphatic rings. The number of esters is 1. The van der Waals surface area contributed by atoms with Crippen molar-refractivity contribution in [2.24, 2.45) is 11.3 Å². The fourth-order valence-corrected chi connectivity index (χ4v) is 1.80. The highest BCUT2D eigenvalue weighted by Gasteiger charge is 2.45. The van der Waals surface area contributed by atoms with Crippen LogP contribution >= 0.6 is 0 Å². The Bertz CT molecular complexity index is 284. The summed E-state index contributed by atoms with van der Waals surface area (Å²) >= 11 is 0. The summed E-state index contributed by atoms with van der Waals surface area (Å²) in [7, 11) is 0. The van der Waals surface area contributed by atoms with E-state index in [1.807, 2.05) is 6.92 Å². The highest BCUT2D eigenvalue weighted by atomic mass is 19.4. The van der Waals surface area contributed by atoms with Crippen molar-refractivity contribution in [3.05, 3.63) is 0 Å². The first-order valence-corrected chi connectivity index (χ1v) is 5.94. The van der Waals surface area contributed by atoms with E-state index in [0.29, 0.717) is 12.8 Å². The van der Waals surface area contributed by atoms with Gasteiger partial charge in [-0.05, 0) is 39.5 Å². The minimum Gasteiger partial charge on any atom is -0.462 e. The van der Waals surface area contributed by atoms with Crippen LogP contribution in [0.4, 0.5) is 13.2 Å². The summed E-state index contributed by atoms with van der Waals surface area (Å²) < 4.78 is 42.4. The maximum atomic E-state index is 12.4. The first kappa shape index (κ1) is 14.3. The van der Waals surface area contributed by atoms with Gasteiger partial charge in [-0.15, -0.1) is 0 Å². The van der Waals surface area contributed by atoms with Crippen molar-refractivity contribution in [2.45, 2.75) is 58.7 Å². The smallest absolute Gasteiger partial charge is 0.391 e. The van der Waals surface area contributed by atoms with Crippen molar-refractivity contribution in [2.75, 3.05) is 0 Å². The number of hydrogen-bond donors (Lipinski definition) is 0. The minimum absolute atomic E-state index is 0.0635. The Kier molecular flexibility index (Phi) is 4.10. The predicted octanol–water partition coefficient (Wildman–Crippen LogP) is 3.70. The molecular formula is C12H19F3O2. The molecule has 2 nitrogen and oxygen atoms in total. The minimum atomic E-state index is -4.17. The normalized spacial score (nSPS) is 26.0. The molecule has 0 amide bonds. The Morgan fingerprint density at radius 2 is 1.88 bits per heavy atom.